The molecule has 1 fully saturated rings. The van der Waals surface area contributed by atoms with Gasteiger partial charge in [0.2, 0.25) is 5.91 Å². The van der Waals surface area contributed by atoms with Gasteiger partial charge >= 0.3 is 5.97 Å². The molecule has 0 bridgehead atoms. The van der Waals surface area contributed by atoms with Crippen molar-refractivity contribution >= 4 is 33.5 Å². The van der Waals surface area contributed by atoms with Gasteiger partial charge in [-0.15, -0.1) is 0 Å². The number of hydrogen-bond acceptors (Lipinski definition) is 4. The Hall–Kier alpha value is -1.47. The summed E-state index contributed by atoms with van der Waals surface area (Å²) in [5.41, 5.74) is 0.150. The van der Waals surface area contributed by atoms with Crippen LogP contribution in [0.1, 0.15) is 19.8 Å². The highest BCUT2D eigenvalue weighted by Gasteiger charge is 2.27. The molecule has 5 nitrogen and oxygen atoms in total. The van der Waals surface area contributed by atoms with Gasteiger partial charge in [0.05, 0.1) is 24.8 Å². The smallest absolute Gasteiger partial charge is 0.310 e. The third-order valence-corrected chi connectivity index (χ3v) is 4.19. The highest BCUT2D eigenvalue weighted by atomic mass is 79.9. The largest absolute Gasteiger partial charge is 0.466 e. The van der Waals surface area contributed by atoms with Gasteiger partial charge in [-0.25, -0.2) is 4.39 Å². The second kappa shape index (κ2) is 8.40. The Morgan fingerprint density at radius 3 is 2.96 bits per heavy atom. The monoisotopic (exact) mass is 386 g/mol. The number of carbonyl (C=O) groups is 2. The molecule has 1 saturated heterocycles. The summed E-state index contributed by atoms with van der Waals surface area (Å²) in [6.07, 6.45) is 1.61. The lowest BCUT2D eigenvalue weighted by Gasteiger charge is -2.30. The number of halogens is 2. The first-order chi connectivity index (χ1) is 11.0. The average Bonchev–Trinajstić information content (AvgIpc) is 2.50. The molecule has 0 aliphatic carbocycles. The van der Waals surface area contributed by atoms with Gasteiger partial charge in [0, 0.05) is 11.0 Å². The van der Waals surface area contributed by atoms with E-state index in [4.69, 9.17) is 4.74 Å². The van der Waals surface area contributed by atoms with Crippen molar-refractivity contribution in [3.63, 3.8) is 0 Å². The standard InChI is InChI=1S/C16H20BrFN2O3/c1-2-23-16(22)11-4-3-7-20(9-11)10-15(21)19-14-6-5-12(17)8-13(14)18/h5-6,8,11H,2-4,7,9-10H2,1H3,(H,19,21)/t11-/m0/s1. The van der Waals surface area contributed by atoms with Crippen molar-refractivity contribution in [1.29, 1.82) is 0 Å². The van der Waals surface area contributed by atoms with Crippen LogP contribution >= 0.6 is 15.9 Å². The Bertz CT molecular complexity index is 582. The maximum Gasteiger partial charge on any atom is 0.310 e. The molecular formula is C16H20BrFN2O3. The number of likely N-dealkylation sites (tertiary alicyclic amines) is 1. The second-order valence-corrected chi connectivity index (χ2v) is 6.41. The highest BCUT2D eigenvalue weighted by molar-refractivity contribution is 9.10. The predicted octanol–water partition coefficient (Wildman–Crippen LogP) is 2.80. The molecule has 1 aliphatic heterocycles. The average molecular weight is 387 g/mol. The quantitative estimate of drug-likeness (QED) is 0.790. The number of nitrogens with one attached hydrogen (secondary N) is 1. The summed E-state index contributed by atoms with van der Waals surface area (Å²) in [5.74, 6) is -1.19. The molecule has 1 aromatic rings. The van der Waals surface area contributed by atoms with Crippen molar-refractivity contribution < 1.29 is 18.7 Å². The minimum Gasteiger partial charge on any atom is -0.466 e. The fourth-order valence-electron chi connectivity index (χ4n) is 2.64. The van der Waals surface area contributed by atoms with Gasteiger partial charge in [0.15, 0.2) is 0 Å². The molecule has 1 atom stereocenters. The van der Waals surface area contributed by atoms with E-state index in [9.17, 15) is 14.0 Å². The summed E-state index contributed by atoms with van der Waals surface area (Å²) in [4.78, 5) is 25.8. The van der Waals surface area contributed by atoms with E-state index in [2.05, 4.69) is 21.2 Å². The number of benzene rings is 1. The van der Waals surface area contributed by atoms with E-state index in [1.807, 2.05) is 4.90 Å². The summed E-state index contributed by atoms with van der Waals surface area (Å²) < 4.78 is 19.4. The van der Waals surface area contributed by atoms with Gasteiger partial charge in [-0.05, 0) is 44.5 Å². The fourth-order valence-corrected chi connectivity index (χ4v) is 2.97. The van der Waals surface area contributed by atoms with E-state index in [1.165, 1.54) is 12.1 Å². The summed E-state index contributed by atoms with van der Waals surface area (Å²) >= 11 is 3.17. The molecule has 0 saturated carbocycles. The molecule has 7 heteroatoms. The van der Waals surface area contributed by atoms with Crippen LogP contribution in [0.4, 0.5) is 10.1 Å². The van der Waals surface area contributed by atoms with Crippen LogP contribution in [0.2, 0.25) is 0 Å². The van der Waals surface area contributed by atoms with Crippen molar-refractivity contribution in [2.45, 2.75) is 19.8 Å². The maximum absolute atomic E-state index is 13.7. The number of hydrogen-bond donors (Lipinski definition) is 1. The van der Waals surface area contributed by atoms with Crippen molar-refractivity contribution in [3.8, 4) is 0 Å². The van der Waals surface area contributed by atoms with Crippen LogP contribution < -0.4 is 5.32 Å². The second-order valence-electron chi connectivity index (χ2n) is 5.50. The Morgan fingerprint density at radius 2 is 2.26 bits per heavy atom. The van der Waals surface area contributed by atoms with Crippen LogP contribution in [0.15, 0.2) is 22.7 Å². The van der Waals surface area contributed by atoms with Crippen molar-refractivity contribution in [2.75, 3.05) is 31.6 Å². The van der Waals surface area contributed by atoms with Crippen molar-refractivity contribution in [3.05, 3.63) is 28.5 Å². The van der Waals surface area contributed by atoms with Gasteiger partial charge in [0.25, 0.3) is 0 Å². The number of piperidine rings is 1. The van der Waals surface area contributed by atoms with Crippen LogP contribution in [0.25, 0.3) is 0 Å². The van der Waals surface area contributed by atoms with Gasteiger partial charge < -0.3 is 10.1 Å². The predicted molar refractivity (Wildman–Crippen MR) is 88.5 cm³/mol. The maximum atomic E-state index is 13.7. The zero-order chi connectivity index (χ0) is 16.8. The Kier molecular flexibility index (Phi) is 6.53. The number of rotatable bonds is 5. The Balaban J connectivity index is 1.88. The molecule has 126 valence electrons. The van der Waals surface area contributed by atoms with E-state index in [-0.39, 0.29) is 30.0 Å². The summed E-state index contributed by atoms with van der Waals surface area (Å²) in [7, 11) is 0. The lowest BCUT2D eigenvalue weighted by atomic mass is 9.98. The molecule has 0 aromatic heterocycles. The SMILES string of the molecule is CCOC(=O)[C@H]1CCCN(CC(=O)Nc2ccc(Br)cc2F)C1. The molecule has 0 radical (unpaired) electrons. The third kappa shape index (κ3) is 5.28. The molecule has 0 unspecified atom stereocenters. The zero-order valence-electron chi connectivity index (χ0n) is 13.0. The minimum absolute atomic E-state index is 0.130. The van der Waals surface area contributed by atoms with Crippen LogP contribution in [0.3, 0.4) is 0 Å². The number of carbonyl (C=O) groups excluding carboxylic acids is 2. The topological polar surface area (TPSA) is 58.6 Å². The first-order valence-corrected chi connectivity index (χ1v) is 8.42. The van der Waals surface area contributed by atoms with E-state index in [1.54, 1.807) is 13.0 Å². The highest BCUT2D eigenvalue weighted by Crippen LogP contribution is 2.20. The molecule has 1 aliphatic rings. The van der Waals surface area contributed by atoms with Crippen LogP contribution in [0.5, 0.6) is 0 Å². The Labute approximate surface area is 143 Å². The fraction of sp³-hybridized carbons (Fsp3) is 0.500. The number of esters is 1. The van der Waals surface area contributed by atoms with Crippen LogP contribution in [-0.4, -0.2) is 43.0 Å². The molecule has 2 rings (SSSR count). The number of amides is 1. The summed E-state index contributed by atoms with van der Waals surface area (Å²) in [6.45, 7) is 3.50. The lowest BCUT2D eigenvalue weighted by molar-refractivity contribution is -0.150. The summed E-state index contributed by atoms with van der Waals surface area (Å²) in [6, 6.07) is 4.47. The molecule has 1 heterocycles. The van der Waals surface area contributed by atoms with Crippen molar-refractivity contribution in [1.82, 2.24) is 4.90 Å². The molecule has 1 amide bonds. The first-order valence-electron chi connectivity index (χ1n) is 7.63. The van der Waals surface area contributed by atoms with Gasteiger partial charge in [0.1, 0.15) is 5.82 Å². The molecule has 1 aromatic carbocycles. The number of anilines is 1. The van der Waals surface area contributed by atoms with E-state index < -0.39 is 5.82 Å². The minimum atomic E-state index is -0.490. The van der Waals surface area contributed by atoms with Gasteiger partial charge in [-0.2, -0.15) is 0 Å². The lowest BCUT2D eigenvalue weighted by Crippen LogP contribution is -2.43. The molecular weight excluding hydrogens is 367 g/mol. The zero-order valence-corrected chi connectivity index (χ0v) is 14.6. The normalized spacial score (nSPS) is 18.5. The van der Waals surface area contributed by atoms with Crippen LogP contribution in [0, 0.1) is 11.7 Å². The van der Waals surface area contributed by atoms with Gasteiger partial charge in [-0.3, -0.25) is 14.5 Å². The van der Waals surface area contributed by atoms with Crippen LogP contribution in [-0.2, 0) is 14.3 Å². The van der Waals surface area contributed by atoms with Gasteiger partial charge in [-0.1, -0.05) is 15.9 Å². The van der Waals surface area contributed by atoms with E-state index in [0.717, 1.165) is 19.4 Å². The third-order valence-electron chi connectivity index (χ3n) is 3.70. The Morgan fingerprint density at radius 1 is 1.48 bits per heavy atom. The summed E-state index contributed by atoms with van der Waals surface area (Å²) in [5, 5.41) is 2.56. The number of nitrogens with zero attached hydrogens (tertiary/aromatic N) is 1. The molecule has 1 N–H and O–H groups in total. The van der Waals surface area contributed by atoms with E-state index in [0.29, 0.717) is 17.6 Å². The number of ether oxygens (including phenoxy) is 1. The van der Waals surface area contributed by atoms with Crippen molar-refractivity contribution in [2.24, 2.45) is 5.92 Å². The molecule has 0 spiro atoms. The van der Waals surface area contributed by atoms with E-state index >= 15 is 0 Å². The molecule has 23 heavy (non-hydrogen) atoms. The first kappa shape index (κ1) is 17.9.